The van der Waals surface area contributed by atoms with Crippen LogP contribution < -0.4 is 0 Å². The van der Waals surface area contributed by atoms with E-state index in [0.717, 1.165) is 42.5 Å². The number of furan rings is 1. The zero-order valence-electron chi connectivity index (χ0n) is 9.17. The molecule has 0 saturated carbocycles. The van der Waals surface area contributed by atoms with Crippen LogP contribution in [0.5, 0.6) is 0 Å². The lowest BCUT2D eigenvalue weighted by atomic mass is 10.1. The predicted octanol–water partition coefficient (Wildman–Crippen LogP) is 3.13. The fourth-order valence-electron chi connectivity index (χ4n) is 1.43. The van der Waals surface area contributed by atoms with E-state index in [-0.39, 0.29) is 5.78 Å². The van der Waals surface area contributed by atoms with Crippen LogP contribution in [0, 0.1) is 12.3 Å². The Labute approximate surface area is 105 Å². The van der Waals surface area contributed by atoms with Crippen molar-refractivity contribution >= 4 is 21.7 Å². The Morgan fingerprint density at radius 2 is 1.94 bits per heavy atom. The molecule has 0 aliphatic heterocycles. The summed E-state index contributed by atoms with van der Waals surface area (Å²) in [5, 5.41) is 0.986. The molecule has 16 heavy (non-hydrogen) atoms. The molecule has 3 heteroatoms. The molecule has 1 heterocycles. The first-order valence-electron chi connectivity index (χ1n) is 5.39. The Bertz CT molecular complexity index is 374. The van der Waals surface area contributed by atoms with Crippen LogP contribution in [0.25, 0.3) is 0 Å². The number of aryl methyl sites for hydroxylation is 2. The summed E-state index contributed by atoms with van der Waals surface area (Å²) in [7, 11) is 0. The van der Waals surface area contributed by atoms with Gasteiger partial charge in [-0.1, -0.05) is 15.9 Å². The summed E-state index contributed by atoms with van der Waals surface area (Å²) in [4.78, 5) is 10.9. The highest BCUT2D eigenvalue weighted by molar-refractivity contribution is 9.09. The summed E-state index contributed by atoms with van der Waals surface area (Å²) in [6.45, 7) is 0. The topological polar surface area (TPSA) is 30.2 Å². The highest BCUT2D eigenvalue weighted by atomic mass is 79.9. The number of alkyl halides is 1. The molecule has 0 radical (unpaired) electrons. The van der Waals surface area contributed by atoms with E-state index in [1.165, 1.54) is 0 Å². The van der Waals surface area contributed by atoms with Crippen molar-refractivity contribution in [2.24, 2.45) is 0 Å². The molecule has 1 aromatic rings. The molecule has 0 atom stereocenters. The highest BCUT2D eigenvalue weighted by Gasteiger charge is 2.03. The van der Waals surface area contributed by atoms with Gasteiger partial charge in [0.15, 0.2) is 0 Å². The second kappa shape index (κ2) is 7.29. The predicted molar refractivity (Wildman–Crippen MR) is 67.6 cm³/mol. The molecule has 0 aromatic carbocycles. The van der Waals surface area contributed by atoms with Crippen LogP contribution in [0.3, 0.4) is 0 Å². The summed E-state index contributed by atoms with van der Waals surface area (Å²) in [6, 6.07) is 3.98. The van der Waals surface area contributed by atoms with Crippen molar-refractivity contribution in [2.45, 2.75) is 32.1 Å². The van der Waals surface area contributed by atoms with Gasteiger partial charge in [0.2, 0.25) is 5.78 Å². The molecule has 0 bridgehead atoms. The van der Waals surface area contributed by atoms with Crippen molar-refractivity contribution in [3.63, 3.8) is 0 Å². The van der Waals surface area contributed by atoms with E-state index in [0.29, 0.717) is 6.42 Å². The van der Waals surface area contributed by atoms with Gasteiger partial charge in [-0.2, -0.15) is 0 Å². The third kappa shape index (κ3) is 4.67. The SMILES string of the molecule is C#CC(=O)CCCc1ccc(CCCBr)o1. The van der Waals surface area contributed by atoms with Crippen LogP contribution in [0.2, 0.25) is 0 Å². The van der Waals surface area contributed by atoms with E-state index < -0.39 is 0 Å². The molecule has 0 saturated heterocycles. The third-order valence-electron chi connectivity index (χ3n) is 2.26. The fraction of sp³-hybridized carbons (Fsp3) is 0.462. The maximum Gasteiger partial charge on any atom is 0.205 e. The van der Waals surface area contributed by atoms with E-state index in [4.69, 9.17) is 10.8 Å². The van der Waals surface area contributed by atoms with Crippen LogP contribution in [0.15, 0.2) is 16.5 Å². The number of hydrogen-bond donors (Lipinski definition) is 0. The number of Topliss-reactive ketones (excluding diaryl/α,β-unsaturated/α-hetero) is 1. The molecule has 1 aromatic heterocycles. The number of ketones is 1. The lowest BCUT2D eigenvalue weighted by molar-refractivity contribution is -0.113. The largest absolute Gasteiger partial charge is 0.466 e. The fourth-order valence-corrected chi connectivity index (χ4v) is 1.71. The molecule has 2 nitrogen and oxygen atoms in total. The van der Waals surface area contributed by atoms with Crippen molar-refractivity contribution in [2.75, 3.05) is 5.33 Å². The van der Waals surface area contributed by atoms with Gasteiger partial charge in [0, 0.05) is 24.6 Å². The van der Waals surface area contributed by atoms with E-state index in [9.17, 15) is 4.79 Å². The first kappa shape index (κ1) is 13.1. The van der Waals surface area contributed by atoms with Gasteiger partial charge in [0.05, 0.1) is 0 Å². The second-order valence-corrected chi connectivity index (χ2v) is 4.37. The van der Waals surface area contributed by atoms with Crippen LogP contribution in [-0.2, 0) is 17.6 Å². The van der Waals surface area contributed by atoms with Gasteiger partial charge in [-0.05, 0) is 30.9 Å². The van der Waals surface area contributed by atoms with E-state index in [1.807, 2.05) is 12.1 Å². The van der Waals surface area contributed by atoms with Crippen molar-refractivity contribution in [3.05, 3.63) is 23.7 Å². The zero-order chi connectivity index (χ0) is 11.8. The molecular formula is C13H15BrO2. The van der Waals surface area contributed by atoms with Crippen LogP contribution in [0.4, 0.5) is 0 Å². The summed E-state index contributed by atoms with van der Waals surface area (Å²) in [5.74, 6) is 3.93. The van der Waals surface area contributed by atoms with Gasteiger partial charge >= 0.3 is 0 Å². The Hall–Kier alpha value is -1.01. The van der Waals surface area contributed by atoms with E-state index >= 15 is 0 Å². The third-order valence-corrected chi connectivity index (χ3v) is 2.82. The molecule has 0 unspecified atom stereocenters. The van der Waals surface area contributed by atoms with Gasteiger partial charge in [-0.15, -0.1) is 6.42 Å². The first-order valence-corrected chi connectivity index (χ1v) is 6.51. The lowest BCUT2D eigenvalue weighted by Gasteiger charge is -1.95. The number of carbonyl (C=O) groups is 1. The van der Waals surface area contributed by atoms with Crippen LogP contribution >= 0.6 is 15.9 Å². The molecule has 1 rings (SSSR count). The molecule has 0 spiro atoms. The molecule has 0 amide bonds. The second-order valence-electron chi connectivity index (χ2n) is 3.58. The summed E-state index contributed by atoms with van der Waals surface area (Å²) in [5.41, 5.74) is 0. The van der Waals surface area contributed by atoms with Crippen molar-refractivity contribution in [1.29, 1.82) is 0 Å². The number of terminal acetylenes is 1. The Morgan fingerprint density at radius 1 is 1.31 bits per heavy atom. The smallest absolute Gasteiger partial charge is 0.205 e. The maximum atomic E-state index is 10.9. The minimum Gasteiger partial charge on any atom is -0.466 e. The van der Waals surface area contributed by atoms with E-state index in [1.54, 1.807) is 0 Å². The quantitative estimate of drug-likeness (QED) is 0.437. The van der Waals surface area contributed by atoms with Crippen LogP contribution in [-0.4, -0.2) is 11.1 Å². The lowest BCUT2D eigenvalue weighted by Crippen LogP contribution is -1.93. The Kier molecular flexibility index (Phi) is 5.95. The molecular weight excluding hydrogens is 268 g/mol. The number of carbonyl (C=O) groups excluding carboxylic acids is 1. The van der Waals surface area contributed by atoms with Crippen LogP contribution in [0.1, 0.15) is 30.8 Å². The average molecular weight is 283 g/mol. The maximum absolute atomic E-state index is 10.9. The molecule has 0 aliphatic carbocycles. The standard InChI is InChI=1S/C13H15BrO2/c1-2-11(15)5-3-6-12-8-9-13(16-12)7-4-10-14/h1,8-9H,3-7,10H2. The van der Waals surface area contributed by atoms with Crippen molar-refractivity contribution in [1.82, 2.24) is 0 Å². The monoisotopic (exact) mass is 282 g/mol. The van der Waals surface area contributed by atoms with Gasteiger partial charge < -0.3 is 4.42 Å². The van der Waals surface area contributed by atoms with Gasteiger partial charge in [0.25, 0.3) is 0 Å². The minimum absolute atomic E-state index is 0.133. The normalized spacial score (nSPS) is 10.0. The number of halogens is 1. The summed E-state index contributed by atoms with van der Waals surface area (Å²) in [6.07, 6.45) is 8.98. The Morgan fingerprint density at radius 3 is 2.50 bits per heavy atom. The summed E-state index contributed by atoms with van der Waals surface area (Å²) < 4.78 is 5.62. The molecule has 0 fully saturated rings. The van der Waals surface area contributed by atoms with E-state index in [2.05, 4.69) is 21.9 Å². The van der Waals surface area contributed by atoms with Gasteiger partial charge in [-0.25, -0.2) is 0 Å². The van der Waals surface area contributed by atoms with Crippen molar-refractivity contribution in [3.8, 4) is 12.3 Å². The molecule has 0 aliphatic rings. The first-order chi connectivity index (χ1) is 7.76. The molecule has 0 N–H and O–H groups in total. The summed E-state index contributed by atoms with van der Waals surface area (Å²) >= 11 is 3.38. The highest BCUT2D eigenvalue weighted by Crippen LogP contribution is 2.13. The average Bonchev–Trinajstić information content (AvgIpc) is 2.74. The number of rotatable bonds is 7. The molecule has 86 valence electrons. The van der Waals surface area contributed by atoms with Crippen molar-refractivity contribution < 1.29 is 9.21 Å². The zero-order valence-corrected chi connectivity index (χ0v) is 10.8. The minimum atomic E-state index is -0.133. The number of hydrogen-bond acceptors (Lipinski definition) is 2. The van der Waals surface area contributed by atoms with Gasteiger partial charge in [0.1, 0.15) is 11.5 Å². The van der Waals surface area contributed by atoms with Gasteiger partial charge in [-0.3, -0.25) is 4.79 Å². The Balaban J connectivity index is 2.29.